The summed E-state index contributed by atoms with van der Waals surface area (Å²) in [5, 5.41) is 30.1. The van der Waals surface area contributed by atoms with E-state index >= 15 is 0 Å². The molecule has 0 aliphatic carbocycles. The Balaban J connectivity index is 2.06. The Morgan fingerprint density at radius 1 is 1.25 bits per heavy atom. The predicted molar refractivity (Wildman–Crippen MR) is 78.4 cm³/mol. The van der Waals surface area contributed by atoms with Crippen LogP contribution in [0, 0.1) is 0 Å². The van der Waals surface area contributed by atoms with Gasteiger partial charge >= 0.3 is 0 Å². The van der Waals surface area contributed by atoms with E-state index in [0.29, 0.717) is 12.8 Å². The van der Waals surface area contributed by atoms with E-state index in [9.17, 15) is 20.1 Å². The summed E-state index contributed by atoms with van der Waals surface area (Å²) in [6.07, 6.45) is -1.64. The molecule has 2 heterocycles. The molecule has 0 spiro atoms. The van der Waals surface area contributed by atoms with Crippen molar-refractivity contribution in [1.82, 2.24) is 0 Å². The molecule has 0 amide bonds. The molecule has 0 saturated carbocycles. The highest BCUT2D eigenvalue weighted by molar-refractivity contribution is 14.1. The molecule has 6 nitrogen and oxygen atoms in total. The summed E-state index contributed by atoms with van der Waals surface area (Å²) < 4.78 is 13.0. The first-order chi connectivity index (χ1) is 9.58. The molecule has 0 aromatic heterocycles. The molecule has 2 aliphatic heterocycles. The first kappa shape index (κ1) is 16.3. The largest absolute Gasteiger partial charge is 0.387 e. The second kappa shape index (κ2) is 7.28. The molecule has 2 saturated heterocycles. The molecule has 0 bridgehead atoms. The molecule has 7 atom stereocenters. The maximum absolute atomic E-state index is 10.5. The molecule has 2 rings (SSSR count). The van der Waals surface area contributed by atoms with Crippen LogP contribution in [0.4, 0.5) is 0 Å². The molecule has 0 unspecified atom stereocenters. The predicted octanol–water partition coefficient (Wildman–Crippen LogP) is -0.0782. The summed E-state index contributed by atoms with van der Waals surface area (Å²) in [6, 6.07) is 0. The zero-order valence-electron chi connectivity index (χ0n) is 10.8. The van der Waals surface area contributed by atoms with Gasteiger partial charge in [0, 0.05) is 6.42 Å². The van der Waals surface area contributed by atoms with Crippen molar-refractivity contribution in [3.05, 3.63) is 10.2 Å². The van der Waals surface area contributed by atoms with Gasteiger partial charge in [-0.25, -0.2) is 0 Å². The molecular weight excluding hydrogens is 379 g/mol. The molecule has 0 radical (unpaired) electrons. The lowest BCUT2D eigenvalue weighted by Crippen LogP contribution is -2.63. The third-order valence-electron chi connectivity index (χ3n) is 3.81. The van der Waals surface area contributed by atoms with Crippen LogP contribution in [0.3, 0.4) is 0 Å². The number of aliphatic hydroxyl groups excluding tert-OH is 3. The van der Waals surface area contributed by atoms with E-state index in [1.165, 1.54) is 6.08 Å². The second-order valence-corrected chi connectivity index (χ2v) is 5.85. The molecule has 114 valence electrons. The maximum Gasteiger partial charge on any atom is 0.122 e. The minimum Gasteiger partial charge on any atom is -0.387 e. The van der Waals surface area contributed by atoms with Crippen molar-refractivity contribution in [2.45, 2.75) is 62.0 Å². The van der Waals surface area contributed by atoms with Gasteiger partial charge in [0.25, 0.3) is 0 Å². The number of fused-ring (bicyclic) bond motifs is 1. The monoisotopic (exact) mass is 398 g/mol. The van der Waals surface area contributed by atoms with Gasteiger partial charge in [0.15, 0.2) is 0 Å². The zero-order valence-corrected chi connectivity index (χ0v) is 13.0. The highest BCUT2D eigenvalue weighted by Crippen LogP contribution is 2.33. The van der Waals surface area contributed by atoms with E-state index in [1.54, 1.807) is 4.08 Å². The number of halogens is 1. The number of hydrogen-bond donors (Lipinski definition) is 3. The van der Waals surface area contributed by atoms with Crippen molar-refractivity contribution < 1.29 is 29.6 Å². The third-order valence-corrected chi connectivity index (χ3v) is 4.23. The lowest BCUT2D eigenvalue weighted by molar-refractivity contribution is -0.273. The Bertz CT molecular complexity index is 361. The van der Waals surface area contributed by atoms with Crippen LogP contribution in [-0.2, 0) is 14.3 Å². The average molecular weight is 398 g/mol. The third kappa shape index (κ3) is 3.40. The fourth-order valence-corrected chi connectivity index (χ4v) is 3.18. The number of carbonyl (C=O) groups is 1. The van der Waals surface area contributed by atoms with Crippen LogP contribution in [0.25, 0.3) is 0 Å². The standard InChI is InChI=1S/C13H19IO6/c14-5-3-8(16)12-10(17)11(18)13-9(20-12)2-1-7(19-13)4-6-15/h3,5-13,16-18H,1-2,4H2/b5-3+/t7-,8+,9+,10+,11-,12+,13+/m1/s1. The van der Waals surface area contributed by atoms with Crippen molar-refractivity contribution in [2.75, 3.05) is 0 Å². The van der Waals surface area contributed by atoms with Crippen molar-refractivity contribution in [3.8, 4) is 0 Å². The van der Waals surface area contributed by atoms with Gasteiger partial charge in [0.2, 0.25) is 0 Å². The maximum atomic E-state index is 10.5. The molecule has 7 heteroatoms. The summed E-state index contributed by atoms with van der Waals surface area (Å²) in [6.45, 7) is 0. The van der Waals surface area contributed by atoms with E-state index in [1.807, 2.05) is 22.6 Å². The van der Waals surface area contributed by atoms with Gasteiger partial charge < -0.3 is 29.6 Å². The lowest BCUT2D eigenvalue weighted by atomic mass is 9.87. The van der Waals surface area contributed by atoms with Gasteiger partial charge in [-0.1, -0.05) is 22.6 Å². The molecule has 0 aromatic carbocycles. The molecule has 2 fully saturated rings. The second-order valence-electron chi connectivity index (χ2n) is 5.13. The smallest absolute Gasteiger partial charge is 0.122 e. The van der Waals surface area contributed by atoms with Gasteiger partial charge in [-0.3, -0.25) is 0 Å². The van der Waals surface area contributed by atoms with Gasteiger partial charge in [0.1, 0.15) is 36.8 Å². The van der Waals surface area contributed by atoms with Crippen molar-refractivity contribution in [1.29, 1.82) is 0 Å². The Kier molecular flexibility index (Phi) is 5.94. The summed E-state index contributed by atoms with van der Waals surface area (Å²) in [5.41, 5.74) is 0. The Morgan fingerprint density at radius 3 is 2.65 bits per heavy atom. The van der Waals surface area contributed by atoms with E-state index in [-0.39, 0.29) is 18.6 Å². The van der Waals surface area contributed by atoms with Crippen LogP contribution in [0.1, 0.15) is 19.3 Å². The highest BCUT2D eigenvalue weighted by atomic mass is 127. The number of carbonyl (C=O) groups excluding carboxylic acids is 1. The van der Waals surface area contributed by atoms with Crippen molar-refractivity contribution >= 4 is 28.9 Å². The molecule has 0 aromatic rings. The van der Waals surface area contributed by atoms with Crippen LogP contribution in [0.15, 0.2) is 10.2 Å². The quantitative estimate of drug-likeness (QED) is 0.453. The summed E-state index contributed by atoms with van der Waals surface area (Å²) >= 11 is 1.96. The van der Waals surface area contributed by atoms with Gasteiger partial charge in [0.05, 0.1) is 12.2 Å². The zero-order chi connectivity index (χ0) is 14.7. The Hall–Kier alpha value is -0.0600. The first-order valence-electron chi connectivity index (χ1n) is 6.64. The van der Waals surface area contributed by atoms with Crippen LogP contribution in [0.2, 0.25) is 0 Å². The van der Waals surface area contributed by atoms with Crippen molar-refractivity contribution in [3.63, 3.8) is 0 Å². The fourth-order valence-electron chi connectivity index (χ4n) is 2.76. The summed E-state index contributed by atoms with van der Waals surface area (Å²) in [4.78, 5) is 10.5. The number of aldehydes is 1. The van der Waals surface area contributed by atoms with E-state index in [0.717, 1.165) is 6.29 Å². The minimum atomic E-state index is -1.23. The number of hydrogen-bond acceptors (Lipinski definition) is 6. The first-order valence-corrected chi connectivity index (χ1v) is 7.88. The normalized spacial score (nSPS) is 43.2. The number of aliphatic hydroxyl groups is 3. The topological polar surface area (TPSA) is 96.2 Å². The minimum absolute atomic E-state index is 0.241. The van der Waals surface area contributed by atoms with Gasteiger partial charge in [-0.15, -0.1) is 0 Å². The highest BCUT2D eigenvalue weighted by Gasteiger charge is 2.49. The number of ether oxygens (including phenoxy) is 2. The van der Waals surface area contributed by atoms with Crippen LogP contribution in [0.5, 0.6) is 0 Å². The Morgan fingerprint density at radius 2 is 2.00 bits per heavy atom. The SMILES string of the molecule is O=CC[C@H]1CC[C@@H]2O[C@@H]([C@@H](O)/C=C/I)[C@@H](O)[C@@H](O)[C@H]2O1. The van der Waals surface area contributed by atoms with Gasteiger partial charge in [-0.2, -0.15) is 0 Å². The van der Waals surface area contributed by atoms with Crippen molar-refractivity contribution in [2.24, 2.45) is 0 Å². The van der Waals surface area contributed by atoms with Gasteiger partial charge in [-0.05, 0) is 23.0 Å². The fraction of sp³-hybridized carbons (Fsp3) is 0.769. The summed E-state index contributed by atoms with van der Waals surface area (Å²) in [5.74, 6) is 0. The summed E-state index contributed by atoms with van der Waals surface area (Å²) in [7, 11) is 0. The Labute approximate surface area is 130 Å². The lowest BCUT2D eigenvalue weighted by Gasteiger charge is -2.47. The van der Waals surface area contributed by atoms with Crippen LogP contribution in [-0.4, -0.2) is 64.3 Å². The van der Waals surface area contributed by atoms with Crippen LogP contribution < -0.4 is 0 Å². The van der Waals surface area contributed by atoms with Crippen LogP contribution >= 0.6 is 22.6 Å². The molecule has 2 aliphatic rings. The average Bonchev–Trinajstić information content (AvgIpc) is 2.44. The van der Waals surface area contributed by atoms with E-state index in [4.69, 9.17) is 9.47 Å². The molecular formula is C13H19IO6. The van der Waals surface area contributed by atoms with E-state index < -0.39 is 30.5 Å². The number of rotatable bonds is 4. The van der Waals surface area contributed by atoms with E-state index in [2.05, 4.69) is 0 Å². The molecule has 3 N–H and O–H groups in total. The molecule has 20 heavy (non-hydrogen) atoms.